The number of H-pyrrole nitrogens is 1. The molecular weight excluding hydrogens is 352 g/mol. The van der Waals surface area contributed by atoms with E-state index in [1.165, 1.54) is 18.9 Å². The third-order valence-electron chi connectivity index (χ3n) is 3.74. The fourth-order valence-electron chi connectivity index (χ4n) is 2.42. The Morgan fingerprint density at radius 1 is 1.15 bits per heavy atom. The number of thioether (sulfide) groups is 1. The second kappa shape index (κ2) is 7.97. The van der Waals surface area contributed by atoms with Gasteiger partial charge in [0.2, 0.25) is 0 Å². The van der Waals surface area contributed by atoms with E-state index in [0.717, 1.165) is 16.2 Å². The van der Waals surface area contributed by atoms with Gasteiger partial charge in [-0.15, -0.1) is 11.8 Å². The number of para-hydroxylation sites is 2. The Labute approximate surface area is 154 Å². The molecule has 0 aliphatic carbocycles. The Morgan fingerprint density at radius 3 is 2.54 bits per heavy atom. The topological polar surface area (TPSA) is 84.4 Å². The first-order valence-corrected chi connectivity index (χ1v) is 8.83. The highest BCUT2D eigenvalue weighted by atomic mass is 32.2. The van der Waals surface area contributed by atoms with E-state index < -0.39 is 5.97 Å². The summed E-state index contributed by atoms with van der Waals surface area (Å²) in [6, 6.07) is 14.8. The number of nitrogens with one attached hydrogen (secondary N) is 1. The number of benzene rings is 2. The molecule has 1 heterocycles. The SMILES string of the molecule is COC(=O)/C(=C(/O)CSc1ccc(OC)cc1)c1nc2ccccc2[nH]1. The fourth-order valence-corrected chi connectivity index (χ4v) is 3.20. The van der Waals surface area contributed by atoms with E-state index in [2.05, 4.69) is 9.97 Å². The maximum Gasteiger partial charge on any atom is 0.345 e. The Morgan fingerprint density at radius 2 is 1.88 bits per heavy atom. The summed E-state index contributed by atoms with van der Waals surface area (Å²) in [5.74, 6) is 0.500. The summed E-state index contributed by atoms with van der Waals surface area (Å²) >= 11 is 1.39. The standard InChI is InChI=1S/C19H18N2O4S/c1-24-12-7-9-13(10-8-12)26-11-16(22)17(19(23)25-2)18-20-14-5-3-4-6-15(14)21-18/h3-10,22H,11H2,1-2H3,(H,20,21)/b17-16+. The maximum absolute atomic E-state index is 12.2. The number of imidazole rings is 1. The van der Waals surface area contributed by atoms with Crippen molar-refractivity contribution in [1.29, 1.82) is 0 Å². The Hall–Kier alpha value is -2.93. The van der Waals surface area contributed by atoms with E-state index in [9.17, 15) is 9.90 Å². The number of ether oxygens (including phenoxy) is 2. The number of aromatic nitrogens is 2. The number of nitrogens with zero attached hydrogens (tertiary/aromatic N) is 1. The van der Waals surface area contributed by atoms with Crippen LogP contribution in [-0.2, 0) is 9.53 Å². The average Bonchev–Trinajstić information content (AvgIpc) is 3.10. The molecule has 26 heavy (non-hydrogen) atoms. The van der Waals surface area contributed by atoms with Gasteiger partial charge in [-0.3, -0.25) is 0 Å². The predicted octanol–water partition coefficient (Wildman–Crippen LogP) is 3.81. The molecule has 3 rings (SSSR count). The van der Waals surface area contributed by atoms with Crippen LogP contribution in [0.15, 0.2) is 59.2 Å². The zero-order valence-corrected chi connectivity index (χ0v) is 15.2. The zero-order chi connectivity index (χ0) is 18.5. The molecule has 1 aromatic heterocycles. The molecule has 0 spiro atoms. The van der Waals surface area contributed by atoms with Crippen LogP contribution < -0.4 is 4.74 Å². The van der Waals surface area contributed by atoms with Crippen molar-refractivity contribution >= 4 is 34.3 Å². The van der Waals surface area contributed by atoms with Crippen molar-refractivity contribution in [3.8, 4) is 5.75 Å². The highest BCUT2D eigenvalue weighted by molar-refractivity contribution is 7.99. The molecule has 0 aliphatic heterocycles. The minimum atomic E-state index is -0.642. The van der Waals surface area contributed by atoms with Crippen LogP contribution in [0.3, 0.4) is 0 Å². The third kappa shape index (κ3) is 3.83. The quantitative estimate of drug-likeness (QED) is 0.297. The van der Waals surface area contributed by atoms with Crippen molar-refractivity contribution in [2.24, 2.45) is 0 Å². The van der Waals surface area contributed by atoms with Gasteiger partial charge in [0.15, 0.2) is 0 Å². The molecule has 0 bridgehead atoms. The lowest BCUT2D eigenvalue weighted by molar-refractivity contribution is -0.133. The largest absolute Gasteiger partial charge is 0.510 e. The summed E-state index contributed by atoms with van der Waals surface area (Å²) in [7, 11) is 2.88. The number of fused-ring (bicyclic) bond motifs is 1. The van der Waals surface area contributed by atoms with Crippen LogP contribution in [0.4, 0.5) is 0 Å². The third-order valence-corrected chi connectivity index (χ3v) is 4.76. The van der Waals surface area contributed by atoms with Crippen LogP contribution in [-0.4, -0.2) is 41.0 Å². The lowest BCUT2D eigenvalue weighted by atomic mass is 10.2. The minimum absolute atomic E-state index is 0.0321. The van der Waals surface area contributed by atoms with E-state index >= 15 is 0 Å². The van der Waals surface area contributed by atoms with Crippen LogP contribution in [0.5, 0.6) is 5.75 Å². The van der Waals surface area contributed by atoms with E-state index in [4.69, 9.17) is 9.47 Å². The van der Waals surface area contributed by atoms with Crippen molar-refractivity contribution in [3.63, 3.8) is 0 Å². The second-order valence-corrected chi connectivity index (χ2v) is 6.43. The first kappa shape index (κ1) is 17.9. The Balaban J connectivity index is 1.88. The molecule has 0 aliphatic rings. The lowest BCUT2D eigenvalue weighted by Gasteiger charge is -2.07. The number of aliphatic hydroxyl groups is 1. The fraction of sp³-hybridized carbons (Fsp3) is 0.158. The molecule has 0 atom stereocenters. The van der Waals surface area contributed by atoms with E-state index in [1.54, 1.807) is 7.11 Å². The zero-order valence-electron chi connectivity index (χ0n) is 14.4. The molecule has 0 radical (unpaired) electrons. The molecule has 0 saturated carbocycles. The van der Waals surface area contributed by atoms with E-state index in [1.807, 2.05) is 48.5 Å². The highest BCUT2D eigenvalue weighted by Crippen LogP contribution is 2.26. The number of methoxy groups -OCH3 is 2. The molecule has 0 saturated heterocycles. The van der Waals surface area contributed by atoms with Gasteiger partial charge in [0.05, 0.1) is 31.0 Å². The van der Waals surface area contributed by atoms with Crippen LogP contribution in [0.1, 0.15) is 5.82 Å². The van der Waals surface area contributed by atoms with E-state index in [0.29, 0.717) is 5.52 Å². The van der Waals surface area contributed by atoms with Gasteiger partial charge in [-0.1, -0.05) is 12.1 Å². The molecule has 134 valence electrons. The smallest absolute Gasteiger partial charge is 0.345 e. The summed E-state index contributed by atoms with van der Waals surface area (Å²) in [5, 5.41) is 10.5. The molecular formula is C19H18N2O4S. The molecule has 0 amide bonds. The number of esters is 1. The van der Waals surface area contributed by atoms with Gasteiger partial charge in [0, 0.05) is 4.90 Å². The second-order valence-electron chi connectivity index (χ2n) is 5.38. The molecule has 2 aromatic carbocycles. The van der Waals surface area contributed by atoms with E-state index in [-0.39, 0.29) is 22.9 Å². The summed E-state index contributed by atoms with van der Waals surface area (Å²) in [6.45, 7) is 0. The normalized spacial score (nSPS) is 11.9. The number of rotatable bonds is 6. The number of aromatic amines is 1. The first-order valence-electron chi connectivity index (χ1n) is 7.84. The number of aliphatic hydroxyl groups excluding tert-OH is 1. The van der Waals surface area contributed by atoms with Gasteiger partial charge in [0.1, 0.15) is 22.9 Å². The van der Waals surface area contributed by atoms with Gasteiger partial charge in [-0.2, -0.15) is 0 Å². The van der Waals surface area contributed by atoms with Crippen molar-refractivity contribution in [1.82, 2.24) is 9.97 Å². The number of hydrogen-bond acceptors (Lipinski definition) is 6. The van der Waals surface area contributed by atoms with Gasteiger partial charge in [-0.05, 0) is 36.4 Å². The number of hydrogen-bond donors (Lipinski definition) is 2. The summed E-state index contributed by atoms with van der Waals surface area (Å²) in [5.41, 5.74) is 1.52. The molecule has 0 fully saturated rings. The minimum Gasteiger partial charge on any atom is -0.510 e. The highest BCUT2D eigenvalue weighted by Gasteiger charge is 2.22. The van der Waals surface area contributed by atoms with Crippen LogP contribution in [0.2, 0.25) is 0 Å². The summed E-state index contributed by atoms with van der Waals surface area (Å²) in [4.78, 5) is 20.6. The molecule has 2 N–H and O–H groups in total. The van der Waals surface area contributed by atoms with Gasteiger partial charge >= 0.3 is 5.97 Å². The van der Waals surface area contributed by atoms with Gasteiger partial charge in [-0.25, -0.2) is 9.78 Å². The Bertz CT molecular complexity index is 915. The monoisotopic (exact) mass is 370 g/mol. The van der Waals surface area contributed by atoms with Crippen molar-refractivity contribution < 1.29 is 19.4 Å². The summed E-state index contributed by atoms with van der Waals surface area (Å²) < 4.78 is 9.95. The van der Waals surface area contributed by atoms with Crippen LogP contribution in [0, 0.1) is 0 Å². The summed E-state index contributed by atoms with van der Waals surface area (Å²) in [6.07, 6.45) is 0. The lowest BCUT2D eigenvalue weighted by Crippen LogP contribution is -2.09. The van der Waals surface area contributed by atoms with Gasteiger partial charge in [0.25, 0.3) is 0 Å². The molecule has 3 aromatic rings. The van der Waals surface area contributed by atoms with Crippen LogP contribution in [0.25, 0.3) is 16.6 Å². The average molecular weight is 370 g/mol. The van der Waals surface area contributed by atoms with Gasteiger partial charge < -0.3 is 19.6 Å². The van der Waals surface area contributed by atoms with Crippen LogP contribution >= 0.6 is 11.8 Å². The van der Waals surface area contributed by atoms with Crippen molar-refractivity contribution in [2.75, 3.05) is 20.0 Å². The first-order chi connectivity index (χ1) is 12.6. The predicted molar refractivity (Wildman–Crippen MR) is 101 cm³/mol. The van der Waals surface area contributed by atoms with Crippen molar-refractivity contribution in [3.05, 3.63) is 60.1 Å². The molecule has 7 heteroatoms. The maximum atomic E-state index is 12.2. The Kier molecular flexibility index (Phi) is 5.48. The number of carbonyl (C=O) groups is 1. The molecule has 0 unspecified atom stereocenters. The van der Waals surface area contributed by atoms with Crippen molar-refractivity contribution in [2.45, 2.75) is 4.90 Å². The number of carbonyl (C=O) groups excluding carboxylic acids is 1. The molecule has 6 nitrogen and oxygen atoms in total.